The van der Waals surface area contributed by atoms with Crippen LogP contribution in [-0.2, 0) is 4.74 Å². The maximum atomic E-state index is 12.2. The van der Waals surface area contributed by atoms with Gasteiger partial charge in [-0.15, -0.1) is 0 Å². The van der Waals surface area contributed by atoms with Gasteiger partial charge >= 0.3 is 0 Å². The molecule has 0 atom stereocenters. The number of ether oxygens (including phenoxy) is 3. The molecule has 0 heterocycles. The smallest absolute Gasteiger partial charge is 0.272 e. The second-order valence-corrected chi connectivity index (χ2v) is 7.21. The van der Waals surface area contributed by atoms with E-state index in [2.05, 4.69) is 11.6 Å². The number of halogens is 1. The van der Waals surface area contributed by atoms with E-state index in [1.54, 1.807) is 32.6 Å². The number of hydrogen-bond acceptors (Lipinski definition) is 6. The molecule has 0 aliphatic heterocycles. The first-order valence-electron chi connectivity index (χ1n) is 11.6. The first-order valence-corrected chi connectivity index (χ1v) is 11.6. The number of non-ortho nitro benzene ring substituents is 1. The van der Waals surface area contributed by atoms with E-state index in [4.69, 9.17) is 14.2 Å². The van der Waals surface area contributed by atoms with Crippen molar-refractivity contribution in [2.45, 2.75) is 34.6 Å². The Bertz CT molecular complexity index is 1120. The van der Waals surface area contributed by atoms with Crippen molar-refractivity contribution >= 4 is 17.6 Å². The second kappa shape index (κ2) is 19.0. The first-order chi connectivity index (χ1) is 17.7. The predicted molar refractivity (Wildman–Crippen MR) is 150 cm³/mol. The van der Waals surface area contributed by atoms with Gasteiger partial charge in [-0.2, -0.15) is 0 Å². The standard InChI is InChI=1S/C21H27NO3.C6H4FNO2.C2H6/c1-7-8-9-10-16(2)15-25-21-13-17(3)19(14-20(21)24-6)22-12-11-18(4)23-5;7-5-2-1-3-6(4-5)8(9)10;1-2/h7-14H,1,15H2,2-6H3;1-4H;1-2H3/b9-8-,16-10+,18-11+,22-12?;;. The molecule has 7 nitrogen and oxygen atoms in total. The fourth-order valence-corrected chi connectivity index (χ4v) is 2.48. The van der Waals surface area contributed by atoms with Gasteiger partial charge in [-0.1, -0.05) is 50.8 Å². The third-order valence-electron chi connectivity index (χ3n) is 4.43. The van der Waals surface area contributed by atoms with E-state index >= 15 is 0 Å². The lowest BCUT2D eigenvalue weighted by Crippen LogP contribution is -2.01. The molecule has 2 aromatic rings. The van der Waals surface area contributed by atoms with Gasteiger partial charge in [0.05, 0.1) is 36.7 Å². The molecule has 0 saturated heterocycles. The number of aliphatic imine (C=N–C) groups is 1. The van der Waals surface area contributed by atoms with Crippen molar-refractivity contribution in [3.63, 3.8) is 0 Å². The molecule has 0 saturated carbocycles. The van der Waals surface area contributed by atoms with Gasteiger partial charge in [0.25, 0.3) is 5.69 Å². The lowest BCUT2D eigenvalue weighted by Gasteiger charge is -2.13. The number of allylic oxidation sites excluding steroid dienone is 6. The zero-order valence-electron chi connectivity index (χ0n) is 22.7. The highest BCUT2D eigenvalue weighted by molar-refractivity contribution is 5.76. The van der Waals surface area contributed by atoms with Gasteiger partial charge in [-0.25, -0.2) is 4.39 Å². The quantitative estimate of drug-likeness (QED) is 0.106. The maximum absolute atomic E-state index is 12.2. The minimum atomic E-state index is -0.636. The molecule has 0 radical (unpaired) electrons. The van der Waals surface area contributed by atoms with Crippen LogP contribution in [0, 0.1) is 22.9 Å². The van der Waals surface area contributed by atoms with Crippen molar-refractivity contribution in [1.82, 2.24) is 0 Å². The summed E-state index contributed by atoms with van der Waals surface area (Å²) in [5.41, 5.74) is 2.70. The van der Waals surface area contributed by atoms with E-state index in [-0.39, 0.29) is 5.69 Å². The molecule has 0 bridgehead atoms. The van der Waals surface area contributed by atoms with E-state index in [9.17, 15) is 14.5 Å². The van der Waals surface area contributed by atoms with E-state index < -0.39 is 10.7 Å². The summed E-state index contributed by atoms with van der Waals surface area (Å²) >= 11 is 0. The number of rotatable bonds is 10. The molecule has 8 heteroatoms. The largest absolute Gasteiger partial charge is 0.501 e. The number of nitrogens with zero attached hydrogens (tertiary/aromatic N) is 2. The molecule has 0 N–H and O–H groups in total. The topological polar surface area (TPSA) is 83.2 Å². The molecule has 0 amide bonds. The highest BCUT2D eigenvalue weighted by Crippen LogP contribution is 2.34. The molecule has 2 rings (SSSR count). The van der Waals surface area contributed by atoms with Crippen molar-refractivity contribution in [2.75, 3.05) is 20.8 Å². The van der Waals surface area contributed by atoms with Gasteiger partial charge in [0.1, 0.15) is 12.4 Å². The third kappa shape index (κ3) is 13.5. The first kappa shape index (κ1) is 32.8. The van der Waals surface area contributed by atoms with Crippen LogP contribution >= 0.6 is 0 Å². The van der Waals surface area contributed by atoms with Crippen molar-refractivity contribution in [3.05, 3.63) is 106 Å². The molecule has 0 unspecified atom stereocenters. The Balaban J connectivity index is 0.000000894. The SMILES string of the molecule is C=C/C=C\C=C(/C)COc1cc(C)c(N=C/C=C(\C)OC)cc1OC.CC.O=[N+]([O-])c1cccc(F)c1. The van der Waals surface area contributed by atoms with E-state index in [1.807, 2.05) is 65.0 Å². The highest BCUT2D eigenvalue weighted by atomic mass is 19.1. The number of benzene rings is 2. The van der Waals surface area contributed by atoms with E-state index in [0.717, 1.165) is 34.7 Å². The van der Waals surface area contributed by atoms with Gasteiger partial charge in [-0.3, -0.25) is 15.1 Å². The number of aryl methyl sites for hydroxylation is 1. The summed E-state index contributed by atoms with van der Waals surface area (Å²) < 4.78 is 28.6. The van der Waals surface area contributed by atoms with Crippen LogP contribution in [0.1, 0.15) is 33.3 Å². The van der Waals surface area contributed by atoms with Gasteiger partial charge in [0, 0.05) is 18.3 Å². The Labute approximate surface area is 219 Å². The Kier molecular flexibility index (Phi) is 16.9. The Hall–Kier alpha value is -4.20. The van der Waals surface area contributed by atoms with Gasteiger partial charge in [-0.05, 0) is 50.1 Å². The summed E-state index contributed by atoms with van der Waals surface area (Å²) in [7, 11) is 3.25. The molecular formula is C29H37FN2O5. The molecule has 2 aromatic carbocycles. The molecular weight excluding hydrogens is 475 g/mol. The predicted octanol–water partition coefficient (Wildman–Crippen LogP) is 8.08. The minimum Gasteiger partial charge on any atom is -0.501 e. The third-order valence-corrected chi connectivity index (χ3v) is 4.43. The molecule has 0 fully saturated rings. The second-order valence-electron chi connectivity index (χ2n) is 7.21. The lowest BCUT2D eigenvalue weighted by molar-refractivity contribution is -0.385. The van der Waals surface area contributed by atoms with E-state index in [1.165, 1.54) is 12.1 Å². The zero-order chi connectivity index (χ0) is 28.2. The number of hydrogen-bond donors (Lipinski definition) is 0. The zero-order valence-corrected chi connectivity index (χ0v) is 22.7. The van der Waals surface area contributed by atoms with Crippen LogP contribution < -0.4 is 9.47 Å². The van der Waals surface area contributed by atoms with Gasteiger partial charge < -0.3 is 14.2 Å². The van der Waals surface area contributed by atoms with Crippen LogP contribution in [0.3, 0.4) is 0 Å². The van der Waals surface area contributed by atoms with Crippen LogP contribution in [0.4, 0.5) is 15.8 Å². The fourth-order valence-electron chi connectivity index (χ4n) is 2.48. The monoisotopic (exact) mass is 512 g/mol. The summed E-state index contributed by atoms with van der Waals surface area (Å²) in [6, 6.07) is 8.38. The number of nitro groups is 1. The number of methoxy groups -OCH3 is 2. The molecule has 200 valence electrons. The molecule has 0 spiro atoms. The fraction of sp³-hybridized carbons (Fsp3) is 0.276. The van der Waals surface area contributed by atoms with Gasteiger partial charge in [0.2, 0.25) is 0 Å². The summed E-state index contributed by atoms with van der Waals surface area (Å²) in [5, 5.41) is 9.99. The highest BCUT2D eigenvalue weighted by Gasteiger charge is 2.09. The van der Waals surface area contributed by atoms with Crippen LogP contribution in [0.2, 0.25) is 0 Å². The normalized spacial score (nSPS) is 11.2. The average molecular weight is 513 g/mol. The summed E-state index contributed by atoms with van der Waals surface area (Å²) in [5.74, 6) is 1.55. The maximum Gasteiger partial charge on any atom is 0.272 e. The molecule has 0 aliphatic rings. The average Bonchev–Trinajstić information content (AvgIpc) is 2.90. The van der Waals surface area contributed by atoms with Crippen LogP contribution in [0.5, 0.6) is 11.5 Å². The Morgan fingerprint density at radius 1 is 1.11 bits per heavy atom. The summed E-state index contributed by atoms with van der Waals surface area (Å²) in [6.07, 6.45) is 11.0. The van der Waals surface area contributed by atoms with Gasteiger partial charge in [0.15, 0.2) is 11.5 Å². The lowest BCUT2D eigenvalue weighted by atomic mass is 10.1. The van der Waals surface area contributed by atoms with Crippen molar-refractivity contribution in [1.29, 1.82) is 0 Å². The Morgan fingerprint density at radius 2 is 1.81 bits per heavy atom. The molecule has 37 heavy (non-hydrogen) atoms. The summed E-state index contributed by atoms with van der Waals surface area (Å²) in [6.45, 7) is 14.0. The van der Waals surface area contributed by atoms with E-state index in [0.29, 0.717) is 18.1 Å². The van der Waals surface area contributed by atoms with Crippen LogP contribution in [0.25, 0.3) is 0 Å². The molecule has 0 aliphatic carbocycles. The van der Waals surface area contributed by atoms with Crippen LogP contribution in [0.15, 0.2) is 89.7 Å². The summed E-state index contributed by atoms with van der Waals surface area (Å²) in [4.78, 5) is 13.8. The van der Waals surface area contributed by atoms with Crippen molar-refractivity contribution in [3.8, 4) is 11.5 Å². The van der Waals surface area contributed by atoms with Crippen LogP contribution in [-0.4, -0.2) is 32.0 Å². The van der Waals surface area contributed by atoms with Crippen molar-refractivity contribution in [2.24, 2.45) is 4.99 Å². The molecule has 0 aromatic heterocycles. The number of nitro benzene ring substituents is 1. The van der Waals surface area contributed by atoms with Crippen molar-refractivity contribution < 1.29 is 23.5 Å². The Morgan fingerprint density at radius 3 is 2.35 bits per heavy atom. The minimum absolute atomic E-state index is 0.222.